The number of rotatable bonds is 3. The van der Waals surface area contributed by atoms with E-state index in [0.29, 0.717) is 10.7 Å². The Bertz CT molecular complexity index is 535. The Morgan fingerprint density at radius 3 is 2.94 bits per heavy atom. The molecule has 2 rings (SSSR count). The van der Waals surface area contributed by atoms with Gasteiger partial charge in [-0.2, -0.15) is 5.10 Å². The predicted molar refractivity (Wildman–Crippen MR) is 68.3 cm³/mol. The van der Waals surface area contributed by atoms with Crippen LogP contribution in [0.1, 0.15) is 32.4 Å². The monoisotopic (exact) mass is 254 g/mol. The van der Waals surface area contributed by atoms with Gasteiger partial charge in [-0.25, -0.2) is 4.98 Å². The summed E-state index contributed by atoms with van der Waals surface area (Å²) in [6, 6.07) is 0. The summed E-state index contributed by atoms with van der Waals surface area (Å²) in [6.07, 6.45) is 0. The third kappa shape index (κ3) is 1.82. The molecule has 0 amide bonds. The van der Waals surface area contributed by atoms with Crippen LogP contribution in [0, 0.1) is 4.77 Å². The maximum absolute atomic E-state index is 5.18. The van der Waals surface area contributed by atoms with Crippen LogP contribution in [-0.2, 0) is 6.54 Å². The molecule has 0 aliphatic heterocycles. The van der Waals surface area contributed by atoms with Gasteiger partial charge in [-0.1, -0.05) is 13.8 Å². The lowest BCUT2D eigenvalue weighted by atomic mass is 10.1. The normalized spacial score (nSPS) is 11.2. The van der Waals surface area contributed by atoms with E-state index >= 15 is 0 Å². The zero-order valence-corrected chi connectivity index (χ0v) is 11.2. The molecule has 2 heterocycles. The van der Waals surface area contributed by atoms with Crippen molar-refractivity contribution in [2.45, 2.75) is 33.2 Å². The van der Waals surface area contributed by atoms with E-state index in [1.54, 1.807) is 11.3 Å². The quantitative estimate of drug-likeness (QED) is 0.856. The van der Waals surface area contributed by atoms with Crippen LogP contribution in [0.2, 0.25) is 0 Å². The Balaban J connectivity index is 2.58. The molecule has 0 aromatic carbocycles. The Morgan fingerprint density at radius 1 is 1.56 bits per heavy atom. The van der Waals surface area contributed by atoms with Crippen molar-refractivity contribution >= 4 is 23.6 Å². The van der Waals surface area contributed by atoms with Crippen LogP contribution in [0.4, 0.5) is 0 Å². The molecule has 0 spiro atoms. The summed E-state index contributed by atoms with van der Waals surface area (Å²) < 4.78 is 2.66. The van der Waals surface area contributed by atoms with Gasteiger partial charge >= 0.3 is 0 Å². The molecular formula is C10H14N4S2. The molecule has 0 fully saturated rings. The predicted octanol–water partition coefficient (Wildman–Crippen LogP) is 3.21. The highest BCUT2D eigenvalue weighted by Crippen LogP contribution is 2.30. The Labute approximate surface area is 103 Å². The lowest BCUT2D eigenvalue weighted by molar-refractivity contribution is 0.752. The van der Waals surface area contributed by atoms with E-state index in [2.05, 4.69) is 36.0 Å². The van der Waals surface area contributed by atoms with Gasteiger partial charge in [0, 0.05) is 6.54 Å². The van der Waals surface area contributed by atoms with Gasteiger partial charge in [-0.3, -0.25) is 9.67 Å². The number of nitrogens with zero attached hydrogens (tertiary/aromatic N) is 3. The van der Waals surface area contributed by atoms with Gasteiger partial charge in [0.2, 0.25) is 0 Å². The van der Waals surface area contributed by atoms with E-state index in [9.17, 15) is 0 Å². The van der Waals surface area contributed by atoms with Crippen LogP contribution in [0.25, 0.3) is 10.7 Å². The van der Waals surface area contributed by atoms with Gasteiger partial charge in [0.1, 0.15) is 0 Å². The van der Waals surface area contributed by atoms with Gasteiger partial charge in [0.25, 0.3) is 0 Å². The van der Waals surface area contributed by atoms with Gasteiger partial charge in [-0.05, 0) is 25.1 Å². The number of hydrogen-bond donors (Lipinski definition) is 1. The van der Waals surface area contributed by atoms with E-state index < -0.39 is 0 Å². The van der Waals surface area contributed by atoms with Crippen molar-refractivity contribution in [2.75, 3.05) is 0 Å². The number of thiazole rings is 1. The first kappa shape index (κ1) is 11.5. The topological polar surface area (TPSA) is 46.5 Å². The van der Waals surface area contributed by atoms with Gasteiger partial charge in [0.15, 0.2) is 10.6 Å². The second-order valence-corrected chi connectivity index (χ2v) is 5.06. The SMILES string of the molecule is CCn1c(-c2scnc2C(C)C)n[nH]c1=S. The van der Waals surface area contributed by atoms with Crippen LogP contribution >= 0.6 is 23.6 Å². The average molecular weight is 254 g/mol. The summed E-state index contributed by atoms with van der Waals surface area (Å²) in [5.41, 5.74) is 2.95. The van der Waals surface area contributed by atoms with Crippen molar-refractivity contribution in [1.29, 1.82) is 0 Å². The average Bonchev–Trinajstić information content (AvgIpc) is 2.82. The molecule has 4 nitrogen and oxygen atoms in total. The summed E-state index contributed by atoms with van der Waals surface area (Å²) in [7, 11) is 0. The fourth-order valence-corrected chi connectivity index (χ4v) is 2.82. The van der Waals surface area contributed by atoms with Gasteiger partial charge in [-0.15, -0.1) is 11.3 Å². The van der Waals surface area contributed by atoms with Crippen LogP contribution < -0.4 is 0 Å². The van der Waals surface area contributed by atoms with E-state index in [0.717, 1.165) is 22.9 Å². The lowest BCUT2D eigenvalue weighted by Crippen LogP contribution is -1.99. The number of aromatic amines is 1. The minimum Gasteiger partial charge on any atom is -0.300 e. The van der Waals surface area contributed by atoms with Crippen LogP contribution in [-0.4, -0.2) is 19.7 Å². The Hall–Kier alpha value is -1.01. The number of H-pyrrole nitrogens is 1. The minimum atomic E-state index is 0.400. The zero-order valence-electron chi connectivity index (χ0n) is 9.52. The standard InChI is InChI=1S/C10H14N4S2/c1-4-14-9(12-13-10(14)15)8-7(6(2)3)11-5-16-8/h5-6H,4H2,1-3H3,(H,13,15). The highest BCUT2D eigenvalue weighted by atomic mass is 32.1. The molecule has 0 unspecified atom stereocenters. The first-order valence-corrected chi connectivity index (χ1v) is 6.52. The molecular weight excluding hydrogens is 240 g/mol. The molecule has 0 bridgehead atoms. The van der Waals surface area contributed by atoms with Gasteiger partial charge < -0.3 is 0 Å². The summed E-state index contributed by atoms with van der Waals surface area (Å²) in [4.78, 5) is 5.51. The fraction of sp³-hybridized carbons (Fsp3) is 0.500. The third-order valence-electron chi connectivity index (χ3n) is 2.42. The first-order chi connectivity index (χ1) is 7.65. The van der Waals surface area contributed by atoms with Crippen molar-refractivity contribution < 1.29 is 0 Å². The van der Waals surface area contributed by atoms with Crippen molar-refractivity contribution in [1.82, 2.24) is 19.7 Å². The Kier molecular flexibility index (Phi) is 3.20. The van der Waals surface area contributed by atoms with E-state index in [4.69, 9.17) is 12.2 Å². The molecule has 0 saturated carbocycles. The molecule has 0 saturated heterocycles. The molecule has 86 valence electrons. The maximum Gasteiger partial charge on any atom is 0.195 e. The van der Waals surface area contributed by atoms with Crippen LogP contribution in [0.3, 0.4) is 0 Å². The summed E-state index contributed by atoms with van der Waals surface area (Å²) in [5.74, 6) is 1.30. The summed E-state index contributed by atoms with van der Waals surface area (Å²) in [6.45, 7) is 7.15. The number of nitrogens with one attached hydrogen (secondary N) is 1. The first-order valence-electron chi connectivity index (χ1n) is 5.24. The highest BCUT2D eigenvalue weighted by molar-refractivity contribution is 7.71. The summed E-state index contributed by atoms with van der Waals surface area (Å²) >= 11 is 6.80. The largest absolute Gasteiger partial charge is 0.300 e. The number of aromatic nitrogens is 4. The van der Waals surface area contributed by atoms with Crippen LogP contribution in [0.5, 0.6) is 0 Å². The molecule has 0 atom stereocenters. The summed E-state index contributed by atoms with van der Waals surface area (Å²) in [5, 5.41) is 7.13. The molecule has 16 heavy (non-hydrogen) atoms. The number of hydrogen-bond acceptors (Lipinski definition) is 4. The maximum atomic E-state index is 5.18. The van der Waals surface area contributed by atoms with Crippen LogP contribution in [0.15, 0.2) is 5.51 Å². The molecule has 0 aliphatic rings. The van der Waals surface area contributed by atoms with Crippen molar-refractivity contribution in [3.8, 4) is 10.7 Å². The second kappa shape index (κ2) is 4.47. The molecule has 2 aromatic rings. The molecule has 0 radical (unpaired) electrons. The van der Waals surface area contributed by atoms with Crippen molar-refractivity contribution in [3.05, 3.63) is 16.0 Å². The molecule has 2 aromatic heterocycles. The molecule has 1 N–H and O–H groups in total. The highest BCUT2D eigenvalue weighted by Gasteiger charge is 2.16. The smallest absolute Gasteiger partial charge is 0.195 e. The van der Waals surface area contributed by atoms with Crippen molar-refractivity contribution in [3.63, 3.8) is 0 Å². The zero-order chi connectivity index (χ0) is 11.7. The fourth-order valence-electron chi connectivity index (χ4n) is 1.62. The lowest BCUT2D eigenvalue weighted by Gasteiger charge is -2.05. The van der Waals surface area contributed by atoms with E-state index in [-0.39, 0.29) is 0 Å². The Morgan fingerprint density at radius 2 is 2.31 bits per heavy atom. The molecule has 6 heteroatoms. The molecule has 0 aliphatic carbocycles. The second-order valence-electron chi connectivity index (χ2n) is 3.82. The minimum absolute atomic E-state index is 0.400. The van der Waals surface area contributed by atoms with E-state index in [1.165, 1.54) is 0 Å². The van der Waals surface area contributed by atoms with E-state index in [1.807, 2.05) is 10.1 Å². The van der Waals surface area contributed by atoms with Gasteiger partial charge in [0.05, 0.1) is 16.1 Å². The van der Waals surface area contributed by atoms with Crippen molar-refractivity contribution in [2.24, 2.45) is 0 Å². The third-order valence-corrected chi connectivity index (χ3v) is 3.57.